The highest BCUT2D eigenvalue weighted by atomic mass is 16.6. The largest absolute Gasteiger partial charge is 0.467 e. The minimum Gasteiger partial charge on any atom is -0.467 e. The number of methoxy groups -OCH3 is 1. The summed E-state index contributed by atoms with van der Waals surface area (Å²) in [5.74, 6) is -0.271. The third-order valence-corrected chi connectivity index (χ3v) is 2.74. The van der Waals surface area contributed by atoms with Crippen molar-refractivity contribution in [2.45, 2.75) is 25.4 Å². The summed E-state index contributed by atoms with van der Waals surface area (Å²) in [6, 6.07) is 0. The molecular formula is C11H14O3. The molecule has 0 radical (unpaired) electrons. The minimum atomic E-state index is -0.450. The van der Waals surface area contributed by atoms with Gasteiger partial charge in [-0.1, -0.05) is 17.7 Å². The van der Waals surface area contributed by atoms with E-state index >= 15 is 0 Å². The third-order valence-electron chi connectivity index (χ3n) is 2.74. The maximum atomic E-state index is 11.4. The maximum absolute atomic E-state index is 11.4. The molecule has 0 bridgehead atoms. The molecule has 1 aliphatic heterocycles. The predicted octanol–water partition coefficient (Wildman–Crippen LogP) is 1.59. The Hall–Kier alpha value is -1.09. The lowest BCUT2D eigenvalue weighted by atomic mass is 9.89. The first-order chi connectivity index (χ1) is 6.83. The second-order valence-electron chi connectivity index (χ2n) is 3.53. The quantitative estimate of drug-likeness (QED) is 0.469. The summed E-state index contributed by atoms with van der Waals surface area (Å²) in [5.41, 5.74) is 2.47. The molecule has 1 unspecified atom stereocenters. The van der Waals surface area contributed by atoms with Gasteiger partial charge >= 0.3 is 5.97 Å². The van der Waals surface area contributed by atoms with Crippen molar-refractivity contribution in [2.24, 2.45) is 0 Å². The smallest absolute Gasteiger partial charge is 0.339 e. The van der Waals surface area contributed by atoms with E-state index in [1.807, 2.05) is 0 Å². The number of hydrogen-bond acceptors (Lipinski definition) is 3. The maximum Gasteiger partial charge on any atom is 0.339 e. The van der Waals surface area contributed by atoms with Crippen LogP contribution in [0.1, 0.15) is 19.3 Å². The Balaban J connectivity index is 2.21. The lowest BCUT2D eigenvalue weighted by molar-refractivity contribution is -0.152. The minimum absolute atomic E-state index is 0.271. The van der Waals surface area contributed by atoms with Crippen LogP contribution < -0.4 is 0 Å². The molecular weight excluding hydrogens is 180 g/mol. The van der Waals surface area contributed by atoms with E-state index in [-0.39, 0.29) is 5.97 Å². The number of carbonyl (C=O) groups is 1. The Morgan fingerprint density at radius 1 is 1.50 bits per heavy atom. The molecule has 1 aliphatic carbocycles. The van der Waals surface area contributed by atoms with E-state index < -0.39 is 6.10 Å². The topological polar surface area (TPSA) is 35.5 Å². The van der Waals surface area contributed by atoms with Crippen LogP contribution in [0.15, 0.2) is 23.3 Å². The molecule has 0 aromatic carbocycles. The van der Waals surface area contributed by atoms with E-state index in [1.165, 1.54) is 12.7 Å². The number of hydrogen-bond donors (Lipinski definition) is 0. The Kier molecular flexibility index (Phi) is 2.68. The van der Waals surface area contributed by atoms with Crippen LogP contribution in [0.2, 0.25) is 0 Å². The Morgan fingerprint density at radius 3 is 3.07 bits per heavy atom. The Bertz CT molecular complexity index is 302. The highest BCUT2D eigenvalue weighted by Gasteiger charge is 2.30. The highest BCUT2D eigenvalue weighted by molar-refractivity contribution is 5.79. The molecule has 2 aliphatic rings. The molecule has 0 spiro atoms. The van der Waals surface area contributed by atoms with Crippen molar-refractivity contribution >= 4 is 5.97 Å². The standard InChI is InChI=1S/C11H14O3/c1-13-11(12)10-9-5-3-2-4-8(9)6-7-14-10/h2-3,10H,4-7H2,1H3. The van der Waals surface area contributed by atoms with Crippen LogP contribution in [-0.2, 0) is 14.3 Å². The van der Waals surface area contributed by atoms with Gasteiger partial charge < -0.3 is 9.47 Å². The van der Waals surface area contributed by atoms with E-state index in [0.717, 1.165) is 24.8 Å². The van der Waals surface area contributed by atoms with Crippen molar-refractivity contribution in [2.75, 3.05) is 13.7 Å². The summed E-state index contributed by atoms with van der Waals surface area (Å²) in [6.07, 6.45) is 6.53. The lowest BCUT2D eigenvalue weighted by Gasteiger charge is -2.28. The van der Waals surface area contributed by atoms with Crippen LogP contribution in [0, 0.1) is 0 Å². The lowest BCUT2D eigenvalue weighted by Crippen LogP contribution is -2.32. The molecule has 0 fully saturated rings. The van der Waals surface area contributed by atoms with E-state index in [2.05, 4.69) is 12.2 Å². The fraction of sp³-hybridized carbons (Fsp3) is 0.545. The van der Waals surface area contributed by atoms with Gasteiger partial charge in [-0.25, -0.2) is 4.79 Å². The van der Waals surface area contributed by atoms with Gasteiger partial charge in [-0.15, -0.1) is 0 Å². The normalized spacial score (nSPS) is 25.9. The molecule has 3 nitrogen and oxygen atoms in total. The molecule has 1 heterocycles. The molecule has 0 saturated heterocycles. The third kappa shape index (κ3) is 1.60. The van der Waals surface area contributed by atoms with Crippen LogP contribution in [0.25, 0.3) is 0 Å². The molecule has 76 valence electrons. The number of allylic oxidation sites excluding steroid dienone is 2. The Morgan fingerprint density at radius 2 is 2.29 bits per heavy atom. The molecule has 0 aromatic heterocycles. The highest BCUT2D eigenvalue weighted by Crippen LogP contribution is 2.30. The fourth-order valence-corrected chi connectivity index (χ4v) is 1.98. The van der Waals surface area contributed by atoms with Gasteiger partial charge in [0.25, 0.3) is 0 Å². The van der Waals surface area contributed by atoms with Gasteiger partial charge in [0.2, 0.25) is 0 Å². The molecule has 0 aromatic rings. The van der Waals surface area contributed by atoms with Crippen LogP contribution in [0.4, 0.5) is 0 Å². The summed E-state index contributed by atoms with van der Waals surface area (Å²) in [6.45, 7) is 0.631. The summed E-state index contributed by atoms with van der Waals surface area (Å²) < 4.78 is 10.2. The van der Waals surface area contributed by atoms with Crippen LogP contribution >= 0.6 is 0 Å². The van der Waals surface area contributed by atoms with Gasteiger partial charge in [0.05, 0.1) is 13.7 Å². The van der Waals surface area contributed by atoms with Gasteiger partial charge in [0.15, 0.2) is 6.10 Å². The second-order valence-corrected chi connectivity index (χ2v) is 3.53. The van der Waals surface area contributed by atoms with Gasteiger partial charge in [-0.05, 0) is 24.8 Å². The van der Waals surface area contributed by atoms with Crippen LogP contribution in [0.5, 0.6) is 0 Å². The van der Waals surface area contributed by atoms with Crippen molar-refractivity contribution in [3.8, 4) is 0 Å². The first kappa shape index (κ1) is 9.46. The molecule has 0 N–H and O–H groups in total. The van der Waals surface area contributed by atoms with E-state index in [4.69, 9.17) is 9.47 Å². The SMILES string of the molecule is COC(=O)C1OCCC2=C1CC=CC2. The van der Waals surface area contributed by atoms with E-state index in [0.29, 0.717) is 6.61 Å². The monoisotopic (exact) mass is 194 g/mol. The molecule has 0 saturated carbocycles. The number of ether oxygens (including phenoxy) is 2. The zero-order valence-corrected chi connectivity index (χ0v) is 8.29. The van der Waals surface area contributed by atoms with Crippen molar-refractivity contribution in [1.29, 1.82) is 0 Å². The Labute approximate surface area is 83.4 Å². The number of rotatable bonds is 1. The van der Waals surface area contributed by atoms with Crippen molar-refractivity contribution < 1.29 is 14.3 Å². The van der Waals surface area contributed by atoms with Gasteiger partial charge in [-0.2, -0.15) is 0 Å². The second kappa shape index (κ2) is 3.96. The van der Waals surface area contributed by atoms with E-state index in [1.54, 1.807) is 0 Å². The average Bonchev–Trinajstić information content (AvgIpc) is 2.27. The van der Waals surface area contributed by atoms with Gasteiger partial charge in [0.1, 0.15) is 0 Å². The summed E-state index contributed by atoms with van der Waals surface area (Å²) in [7, 11) is 1.40. The van der Waals surface area contributed by atoms with Gasteiger partial charge in [0, 0.05) is 0 Å². The van der Waals surface area contributed by atoms with Crippen molar-refractivity contribution in [1.82, 2.24) is 0 Å². The van der Waals surface area contributed by atoms with Crippen molar-refractivity contribution in [3.05, 3.63) is 23.3 Å². The van der Waals surface area contributed by atoms with Crippen LogP contribution in [-0.4, -0.2) is 25.8 Å². The van der Waals surface area contributed by atoms with Gasteiger partial charge in [-0.3, -0.25) is 0 Å². The molecule has 0 amide bonds. The average molecular weight is 194 g/mol. The van der Waals surface area contributed by atoms with E-state index in [9.17, 15) is 4.79 Å². The summed E-state index contributed by atoms with van der Waals surface area (Å²) in [4.78, 5) is 11.4. The zero-order chi connectivity index (χ0) is 9.97. The number of esters is 1. The molecule has 1 atom stereocenters. The first-order valence-electron chi connectivity index (χ1n) is 4.88. The molecule has 3 heteroatoms. The first-order valence-corrected chi connectivity index (χ1v) is 4.88. The molecule has 14 heavy (non-hydrogen) atoms. The van der Waals surface area contributed by atoms with Crippen molar-refractivity contribution in [3.63, 3.8) is 0 Å². The summed E-state index contributed by atoms with van der Waals surface area (Å²) >= 11 is 0. The molecule has 2 rings (SSSR count). The van der Waals surface area contributed by atoms with Crippen LogP contribution in [0.3, 0.4) is 0 Å². The predicted molar refractivity (Wildman–Crippen MR) is 51.8 cm³/mol. The summed E-state index contributed by atoms with van der Waals surface area (Å²) in [5, 5.41) is 0. The fourth-order valence-electron chi connectivity index (χ4n) is 1.98. The zero-order valence-electron chi connectivity index (χ0n) is 8.29. The number of carbonyl (C=O) groups excluding carboxylic acids is 1.